The van der Waals surface area contributed by atoms with Crippen LogP contribution >= 0.6 is 0 Å². The maximum atomic E-state index is 11.9. The lowest BCUT2D eigenvalue weighted by atomic mass is 9.94. The normalized spacial score (nSPS) is 13.5. The van der Waals surface area contributed by atoms with E-state index < -0.39 is 0 Å². The molecular weight excluding hydrogens is 264 g/mol. The van der Waals surface area contributed by atoms with Crippen LogP contribution in [0.3, 0.4) is 0 Å². The van der Waals surface area contributed by atoms with Crippen molar-refractivity contribution in [2.45, 2.75) is 46.1 Å². The fraction of sp³-hybridized carbons (Fsp3) is 0.588. The number of aliphatic hydroxyl groups excluding tert-OH is 1. The second-order valence-electron chi connectivity index (χ2n) is 5.49. The Labute approximate surface area is 128 Å². The van der Waals surface area contributed by atoms with Gasteiger partial charge in [0, 0.05) is 23.8 Å². The number of anilines is 1. The molecule has 0 saturated heterocycles. The van der Waals surface area contributed by atoms with Crippen LogP contribution in [0.2, 0.25) is 0 Å². The largest absolute Gasteiger partial charge is 0.395 e. The molecule has 1 aromatic rings. The lowest BCUT2D eigenvalue weighted by Crippen LogP contribution is -2.28. The van der Waals surface area contributed by atoms with Crippen LogP contribution in [-0.2, 0) is 0 Å². The molecule has 0 spiro atoms. The summed E-state index contributed by atoms with van der Waals surface area (Å²) in [6, 6.07) is 7.94. The van der Waals surface area contributed by atoms with Gasteiger partial charge in [0.2, 0.25) is 0 Å². The molecule has 0 aromatic heterocycles. The minimum absolute atomic E-state index is 0.0455. The predicted octanol–water partition coefficient (Wildman–Crippen LogP) is 3.04. The van der Waals surface area contributed by atoms with Crippen molar-refractivity contribution in [1.82, 2.24) is 5.32 Å². The van der Waals surface area contributed by atoms with Gasteiger partial charge < -0.3 is 15.7 Å². The van der Waals surface area contributed by atoms with Crippen LogP contribution in [0.1, 0.15) is 50.4 Å². The Morgan fingerprint density at radius 3 is 2.71 bits per heavy atom. The van der Waals surface area contributed by atoms with Gasteiger partial charge in [0.05, 0.1) is 6.61 Å². The van der Waals surface area contributed by atoms with E-state index in [9.17, 15) is 4.79 Å². The predicted molar refractivity (Wildman–Crippen MR) is 87.6 cm³/mol. The van der Waals surface area contributed by atoms with Gasteiger partial charge in [0.1, 0.15) is 0 Å². The Kier molecular flexibility index (Phi) is 7.83. The number of aliphatic hydroxyl groups is 1. The first-order valence-electron chi connectivity index (χ1n) is 7.88. The van der Waals surface area contributed by atoms with Crippen molar-refractivity contribution in [3.63, 3.8) is 0 Å². The fourth-order valence-corrected chi connectivity index (χ4v) is 2.54. The third-order valence-electron chi connectivity index (χ3n) is 3.74. The molecule has 21 heavy (non-hydrogen) atoms. The molecule has 0 aliphatic carbocycles. The van der Waals surface area contributed by atoms with Crippen molar-refractivity contribution < 1.29 is 9.90 Å². The standard InChI is InChI=1S/C17H28N2O2/c1-4-7-13(3)16(5-2)19-15-9-6-8-14(12-15)17(21)18-10-11-20/h6,8-9,12-13,16,19-20H,4-5,7,10-11H2,1-3H3,(H,18,21). The Balaban J connectivity index is 2.72. The molecule has 0 bridgehead atoms. The Morgan fingerprint density at radius 2 is 2.10 bits per heavy atom. The van der Waals surface area contributed by atoms with Crippen molar-refractivity contribution in [3.8, 4) is 0 Å². The summed E-state index contributed by atoms with van der Waals surface area (Å²) in [7, 11) is 0. The van der Waals surface area contributed by atoms with Gasteiger partial charge in [-0.15, -0.1) is 0 Å². The summed E-state index contributed by atoms with van der Waals surface area (Å²) in [5, 5.41) is 15.0. The van der Waals surface area contributed by atoms with Crippen molar-refractivity contribution in [2.75, 3.05) is 18.5 Å². The molecule has 0 aliphatic rings. The molecule has 0 heterocycles. The molecule has 2 unspecified atom stereocenters. The van der Waals surface area contributed by atoms with Crippen LogP contribution in [0.4, 0.5) is 5.69 Å². The van der Waals surface area contributed by atoms with Gasteiger partial charge in [-0.3, -0.25) is 4.79 Å². The summed E-state index contributed by atoms with van der Waals surface area (Å²) >= 11 is 0. The van der Waals surface area contributed by atoms with E-state index in [1.54, 1.807) is 6.07 Å². The fourth-order valence-electron chi connectivity index (χ4n) is 2.54. The van der Waals surface area contributed by atoms with Gasteiger partial charge >= 0.3 is 0 Å². The zero-order valence-corrected chi connectivity index (χ0v) is 13.4. The van der Waals surface area contributed by atoms with Gasteiger partial charge in [0.15, 0.2) is 0 Å². The van der Waals surface area contributed by atoms with Crippen molar-refractivity contribution in [1.29, 1.82) is 0 Å². The topological polar surface area (TPSA) is 61.4 Å². The van der Waals surface area contributed by atoms with Crippen LogP contribution < -0.4 is 10.6 Å². The van der Waals surface area contributed by atoms with Gasteiger partial charge in [-0.1, -0.05) is 33.3 Å². The second-order valence-corrected chi connectivity index (χ2v) is 5.49. The number of rotatable bonds is 9. The molecule has 2 atom stereocenters. The molecular formula is C17H28N2O2. The molecule has 1 amide bonds. The molecule has 4 heteroatoms. The zero-order chi connectivity index (χ0) is 15.7. The van der Waals surface area contributed by atoms with Gasteiger partial charge in [-0.2, -0.15) is 0 Å². The molecule has 0 radical (unpaired) electrons. The number of hydrogen-bond donors (Lipinski definition) is 3. The van der Waals surface area contributed by atoms with E-state index in [1.807, 2.05) is 18.2 Å². The van der Waals surface area contributed by atoms with Gasteiger partial charge in [-0.25, -0.2) is 0 Å². The third kappa shape index (κ3) is 5.76. The van der Waals surface area contributed by atoms with Crippen LogP contribution in [0.15, 0.2) is 24.3 Å². The zero-order valence-electron chi connectivity index (χ0n) is 13.4. The molecule has 3 N–H and O–H groups in total. The number of hydrogen-bond acceptors (Lipinski definition) is 3. The summed E-state index contributed by atoms with van der Waals surface area (Å²) in [6.45, 7) is 6.89. The highest BCUT2D eigenvalue weighted by atomic mass is 16.3. The molecule has 1 aromatic carbocycles. The Morgan fingerprint density at radius 1 is 1.33 bits per heavy atom. The van der Waals surface area contributed by atoms with E-state index in [4.69, 9.17) is 5.11 Å². The average Bonchev–Trinajstić information content (AvgIpc) is 2.50. The first-order chi connectivity index (χ1) is 10.1. The molecule has 0 aliphatic heterocycles. The minimum atomic E-state index is -0.151. The molecule has 1 rings (SSSR count). The first-order valence-corrected chi connectivity index (χ1v) is 7.88. The monoisotopic (exact) mass is 292 g/mol. The van der Waals surface area contributed by atoms with E-state index in [2.05, 4.69) is 31.4 Å². The van der Waals surface area contributed by atoms with Crippen LogP contribution in [0.25, 0.3) is 0 Å². The van der Waals surface area contributed by atoms with E-state index >= 15 is 0 Å². The van der Waals surface area contributed by atoms with Gasteiger partial charge in [0.25, 0.3) is 5.91 Å². The number of benzene rings is 1. The summed E-state index contributed by atoms with van der Waals surface area (Å²) in [5.41, 5.74) is 1.59. The lowest BCUT2D eigenvalue weighted by molar-refractivity contribution is 0.0945. The van der Waals surface area contributed by atoms with E-state index in [0.29, 0.717) is 17.5 Å². The van der Waals surface area contributed by atoms with Gasteiger partial charge in [-0.05, 0) is 37.0 Å². The first kappa shape index (κ1) is 17.5. The highest BCUT2D eigenvalue weighted by Crippen LogP contribution is 2.19. The lowest BCUT2D eigenvalue weighted by Gasteiger charge is -2.25. The molecule has 4 nitrogen and oxygen atoms in total. The smallest absolute Gasteiger partial charge is 0.251 e. The number of carbonyl (C=O) groups is 1. The number of nitrogens with one attached hydrogen (secondary N) is 2. The summed E-state index contributed by atoms with van der Waals surface area (Å²) < 4.78 is 0. The van der Waals surface area contributed by atoms with E-state index in [-0.39, 0.29) is 19.1 Å². The van der Waals surface area contributed by atoms with E-state index in [1.165, 1.54) is 12.8 Å². The highest BCUT2D eigenvalue weighted by Gasteiger charge is 2.15. The number of amides is 1. The minimum Gasteiger partial charge on any atom is -0.395 e. The number of carbonyl (C=O) groups excluding carboxylic acids is 1. The second kappa shape index (κ2) is 9.40. The van der Waals surface area contributed by atoms with Crippen molar-refractivity contribution >= 4 is 11.6 Å². The quantitative estimate of drug-likeness (QED) is 0.655. The maximum Gasteiger partial charge on any atom is 0.251 e. The van der Waals surface area contributed by atoms with Crippen LogP contribution in [0, 0.1) is 5.92 Å². The maximum absolute atomic E-state index is 11.9. The van der Waals surface area contributed by atoms with E-state index in [0.717, 1.165) is 12.1 Å². The SMILES string of the molecule is CCCC(C)C(CC)Nc1cccc(C(=O)NCCO)c1. The Hall–Kier alpha value is -1.55. The third-order valence-corrected chi connectivity index (χ3v) is 3.74. The molecule has 0 fully saturated rings. The van der Waals surface area contributed by atoms with Crippen LogP contribution in [0.5, 0.6) is 0 Å². The summed E-state index contributed by atoms with van der Waals surface area (Å²) in [4.78, 5) is 11.9. The summed E-state index contributed by atoms with van der Waals surface area (Å²) in [6.07, 6.45) is 3.44. The molecule has 0 saturated carbocycles. The summed E-state index contributed by atoms with van der Waals surface area (Å²) in [5.74, 6) is 0.453. The van der Waals surface area contributed by atoms with Crippen LogP contribution in [-0.4, -0.2) is 30.2 Å². The highest BCUT2D eigenvalue weighted by molar-refractivity contribution is 5.95. The van der Waals surface area contributed by atoms with Crippen molar-refractivity contribution in [2.24, 2.45) is 5.92 Å². The van der Waals surface area contributed by atoms with Crippen molar-refractivity contribution in [3.05, 3.63) is 29.8 Å². The molecule has 118 valence electrons. The Bertz CT molecular complexity index is 435. The average molecular weight is 292 g/mol.